The Kier molecular flexibility index (Phi) is 12.4. The molecule has 0 bridgehead atoms. The van der Waals surface area contributed by atoms with E-state index in [9.17, 15) is 40.8 Å². The highest BCUT2D eigenvalue weighted by Crippen LogP contribution is 2.46. The van der Waals surface area contributed by atoms with Crippen LogP contribution in [0.5, 0.6) is 17.4 Å². The summed E-state index contributed by atoms with van der Waals surface area (Å²) in [5, 5.41) is 5.08. The first-order chi connectivity index (χ1) is 27.7. The van der Waals surface area contributed by atoms with Gasteiger partial charge in [0.1, 0.15) is 35.2 Å². The number of methoxy groups -OCH3 is 2. The number of pyridine rings is 1. The molecule has 0 spiro atoms. The van der Waals surface area contributed by atoms with E-state index in [0.717, 1.165) is 0 Å². The van der Waals surface area contributed by atoms with Crippen LogP contribution in [0, 0.1) is 17.8 Å². The first-order valence-corrected chi connectivity index (χ1v) is 21.4. The molecule has 1 saturated heterocycles. The number of carbonyl (C=O) groups is 4. The normalized spacial score (nSPS) is 28.5. The molecule has 19 heteroatoms. The van der Waals surface area contributed by atoms with Crippen LogP contribution in [-0.4, -0.2) is 104 Å². The van der Waals surface area contributed by atoms with Gasteiger partial charge in [0.15, 0.2) is 0 Å². The van der Waals surface area contributed by atoms with Gasteiger partial charge in [-0.2, -0.15) is 13.2 Å². The molecule has 3 heterocycles. The summed E-state index contributed by atoms with van der Waals surface area (Å²) >= 11 is 0. The van der Waals surface area contributed by atoms with Crippen molar-refractivity contribution in [1.29, 1.82) is 0 Å². The average Bonchev–Trinajstić information content (AvgIpc) is 4.10. The zero-order chi connectivity index (χ0) is 43.1. The van der Waals surface area contributed by atoms with Crippen LogP contribution in [0.4, 0.5) is 18.0 Å². The number of nitrogens with zero attached hydrogens (tertiary/aromatic N) is 2. The van der Waals surface area contributed by atoms with Gasteiger partial charge in [-0.05, 0) is 76.3 Å². The smallest absolute Gasteiger partial charge is 0.427 e. The van der Waals surface area contributed by atoms with E-state index in [1.54, 1.807) is 37.3 Å². The third kappa shape index (κ3) is 9.49. The maximum absolute atomic E-state index is 14.9. The molecule has 59 heavy (non-hydrogen) atoms. The molecule has 0 radical (unpaired) electrons. The van der Waals surface area contributed by atoms with Gasteiger partial charge < -0.3 is 34.5 Å². The molecular weight excluding hydrogens is 800 g/mol. The van der Waals surface area contributed by atoms with Crippen molar-refractivity contribution in [2.24, 2.45) is 17.8 Å². The predicted octanol–water partition coefficient (Wildman–Crippen LogP) is 4.92. The van der Waals surface area contributed by atoms with Crippen molar-refractivity contribution < 1.29 is 59.7 Å². The second kappa shape index (κ2) is 16.7. The number of halogens is 3. The standard InChI is InChI=1S/C40H52F3N5O10S/c1-7-23-16-22(2)10-8-9-11-24-20-39(24,36(51)47-59(53,54)27-13-14-27)46-34(49)30-18-26(57-31-19-32(56-6)44-29-17-25(55-5)12-15-28(29)31)21-48(30)35(50)33(23)45-37(52)58-38(3,4)40(41,42)43/h9,11-12,15,17,19,22-24,26-27,30,33H,7-8,10,13-14,16,18,20-21H2,1-6H3,(H,45,52)(H,46,49)(H,47,51)/b11-9-/t22-,23-,24-,26-,30+,33+,39-/m1/s1. The zero-order valence-corrected chi connectivity index (χ0v) is 34.7. The first-order valence-electron chi connectivity index (χ1n) is 19.8. The second-order valence-corrected chi connectivity index (χ2v) is 18.5. The summed E-state index contributed by atoms with van der Waals surface area (Å²) in [5.41, 5.74) is -4.07. The van der Waals surface area contributed by atoms with Crippen molar-refractivity contribution >= 4 is 44.7 Å². The lowest BCUT2D eigenvalue weighted by Gasteiger charge is -2.35. The van der Waals surface area contributed by atoms with E-state index in [1.165, 1.54) is 19.1 Å². The number of hydrogen-bond acceptors (Lipinski definition) is 11. The fourth-order valence-corrected chi connectivity index (χ4v) is 9.19. The number of carbonyl (C=O) groups excluding carboxylic acids is 4. The maximum Gasteiger partial charge on any atom is 0.427 e. The van der Waals surface area contributed by atoms with Gasteiger partial charge in [0.05, 0.1) is 31.5 Å². The van der Waals surface area contributed by atoms with E-state index < -0.39 is 86.4 Å². The molecule has 0 unspecified atom stereocenters. The average molecular weight is 852 g/mol. The van der Waals surface area contributed by atoms with Crippen LogP contribution in [0.3, 0.4) is 0 Å². The second-order valence-electron chi connectivity index (χ2n) is 16.5. The fourth-order valence-electron chi connectivity index (χ4n) is 7.82. The van der Waals surface area contributed by atoms with Crippen LogP contribution >= 0.6 is 0 Å². The number of sulfonamides is 1. The zero-order valence-electron chi connectivity index (χ0n) is 33.9. The van der Waals surface area contributed by atoms with Crippen LogP contribution in [0.2, 0.25) is 0 Å². The Hall–Kier alpha value is -4.81. The molecular formula is C40H52F3N5O10S. The molecule has 4 aliphatic rings. The SMILES string of the molecule is CC[C@@H]1C[C@H](C)CC/C=C\[C@@H]2C[C@@]2(C(=O)NS(=O)(=O)C2CC2)NC(=O)[C@@H]2C[C@@H](Oc3cc(OC)nc4cc(OC)ccc34)CN2C(=O)[C@H]1NC(=O)OC(C)(C)C(F)(F)F. The predicted molar refractivity (Wildman–Crippen MR) is 208 cm³/mol. The van der Waals surface area contributed by atoms with Crippen molar-refractivity contribution in [3.8, 4) is 17.4 Å². The largest absolute Gasteiger partial charge is 0.497 e. The van der Waals surface area contributed by atoms with Crippen molar-refractivity contribution in [2.45, 2.75) is 120 Å². The number of amides is 4. The summed E-state index contributed by atoms with van der Waals surface area (Å²) in [6, 6.07) is 3.89. The van der Waals surface area contributed by atoms with Crippen LogP contribution in [0.15, 0.2) is 36.4 Å². The molecule has 3 fully saturated rings. The Balaban J connectivity index is 1.38. The Morgan fingerprint density at radius 2 is 1.80 bits per heavy atom. The maximum atomic E-state index is 14.9. The van der Waals surface area contributed by atoms with Crippen molar-refractivity contribution in [1.82, 2.24) is 25.2 Å². The monoisotopic (exact) mass is 851 g/mol. The lowest BCUT2D eigenvalue weighted by atomic mass is 9.85. The first kappa shape index (κ1) is 43.8. The third-order valence-corrected chi connectivity index (χ3v) is 13.6. The fraction of sp³-hybridized carbons (Fsp3) is 0.625. The summed E-state index contributed by atoms with van der Waals surface area (Å²) in [5.74, 6) is -2.60. The molecule has 15 nitrogen and oxygen atoms in total. The third-order valence-electron chi connectivity index (χ3n) is 11.7. The lowest BCUT2D eigenvalue weighted by Crippen LogP contribution is -2.59. The number of nitrogens with one attached hydrogen (secondary N) is 3. The number of benzene rings is 1. The van der Waals surface area contributed by atoms with Gasteiger partial charge in [0.2, 0.25) is 33.3 Å². The van der Waals surface area contributed by atoms with Crippen LogP contribution in [0.1, 0.15) is 79.1 Å². The molecule has 7 atom stereocenters. The number of alkyl halides is 3. The van der Waals surface area contributed by atoms with E-state index in [0.29, 0.717) is 74.8 Å². The minimum Gasteiger partial charge on any atom is -0.497 e. The molecule has 2 aromatic rings. The number of hydrogen-bond donors (Lipinski definition) is 3. The minimum atomic E-state index is -4.92. The van der Waals surface area contributed by atoms with Gasteiger partial charge in [-0.25, -0.2) is 18.2 Å². The van der Waals surface area contributed by atoms with Gasteiger partial charge in [-0.1, -0.05) is 32.4 Å². The molecule has 324 valence electrons. The quantitative estimate of drug-likeness (QED) is 0.275. The summed E-state index contributed by atoms with van der Waals surface area (Å²) in [7, 11) is -1.06. The number of ether oxygens (including phenoxy) is 4. The summed E-state index contributed by atoms with van der Waals surface area (Å²) < 4.78 is 91.5. The van der Waals surface area contributed by atoms with Gasteiger partial charge >= 0.3 is 12.3 Å². The molecule has 6 rings (SSSR count). The van der Waals surface area contributed by atoms with E-state index in [2.05, 4.69) is 20.3 Å². The highest BCUT2D eigenvalue weighted by molar-refractivity contribution is 7.91. The molecule has 4 amide bonds. The van der Waals surface area contributed by atoms with E-state index in [4.69, 9.17) is 18.9 Å². The summed E-state index contributed by atoms with van der Waals surface area (Å²) in [6.45, 7) is 4.92. The van der Waals surface area contributed by atoms with Crippen LogP contribution < -0.4 is 29.6 Å². The Labute approximate surface area is 341 Å². The van der Waals surface area contributed by atoms with Crippen LogP contribution in [-0.2, 0) is 29.1 Å². The van der Waals surface area contributed by atoms with Gasteiger partial charge in [-0.15, -0.1) is 0 Å². The Bertz CT molecular complexity index is 2090. The highest BCUT2D eigenvalue weighted by Gasteiger charge is 2.62. The highest BCUT2D eigenvalue weighted by atomic mass is 32.2. The Morgan fingerprint density at radius 3 is 2.44 bits per heavy atom. The summed E-state index contributed by atoms with van der Waals surface area (Å²) in [6.07, 6.45) is -0.937. The molecule has 2 aliphatic carbocycles. The molecule has 2 aliphatic heterocycles. The number of aromatic nitrogens is 1. The topological polar surface area (TPSA) is 192 Å². The molecule has 1 aromatic heterocycles. The Morgan fingerprint density at radius 1 is 1.07 bits per heavy atom. The minimum absolute atomic E-state index is 0.0378. The molecule has 2 saturated carbocycles. The van der Waals surface area contributed by atoms with E-state index in [-0.39, 0.29) is 31.2 Å². The molecule has 1 aromatic carbocycles. The number of allylic oxidation sites excluding steroid dienone is 1. The van der Waals surface area contributed by atoms with Crippen molar-refractivity contribution in [3.05, 3.63) is 36.4 Å². The number of alkyl carbamates (subject to hydrolysis) is 1. The van der Waals surface area contributed by atoms with E-state index >= 15 is 0 Å². The van der Waals surface area contributed by atoms with E-state index in [1.807, 2.05) is 13.0 Å². The van der Waals surface area contributed by atoms with Gasteiger partial charge in [0.25, 0.3) is 5.91 Å². The molecule has 3 N–H and O–H groups in total. The lowest BCUT2D eigenvalue weighted by molar-refractivity contribution is -0.244. The number of fused-ring (bicyclic) bond motifs is 3. The van der Waals surface area contributed by atoms with Gasteiger partial charge in [0, 0.05) is 29.9 Å². The summed E-state index contributed by atoms with van der Waals surface area (Å²) in [4.78, 5) is 62.3. The van der Waals surface area contributed by atoms with Crippen molar-refractivity contribution in [2.75, 3.05) is 20.8 Å². The number of rotatable bonds is 10. The van der Waals surface area contributed by atoms with Crippen molar-refractivity contribution in [3.63, 3.8) is 0 Å². The van der Waals surface area contributed by atoms with Gasteiger partial charge in [-0.3, -0.25) is 19.1 Å². The van der Waals surface area contributed by atoms with Crippen LogP contribution in [0.25, 0.3) is 10.9 Å².